The topological polar surface area (TPSA) is 86.6 Å². The number of phenolic OH excluding ortho intramolecular Hbond substituents is 1. The number of nitrogens with one attached hydrogen (secondary N) is 1. The van der Waals surface area contributed by atoms with Crippen molar-refractivity contribution in [2.75, 3.05) is 37.7 Å². The zero-order chi connectivity index (χ0) is 28.4. The molecule has 4 aromatic rings. The van der Waals surface area contributed by atoms with Gasteiger partial charge in [0.2, 0.25) is 0 Å². The van der Waals surface area contributed by atoms with Gasteiger partial charge in [-0.15, -0.1) is 6.42 Å². The number of hydrogen-bond donors (Lipinski definition) is 2. The normalized spacial score (nSPS) is 23.0. The van der Waals surface area contributed by atoms with Gasteiger partial charge < -0.3 is 20.1 Å². The molecular formula is C33H33FN6O2. The van der Waals surface area contributed by atoms with Crippen LogP contribution in [0.2, 0.25) is 0 Å². The van der Waals surface area contributed by atoms with E-state index >= 15 is 0 Å². The predicted molar refractivity (Wildman–Crippen MR) is 160 cm³/mol. The molecule has 0 radical (unpaired) electrons. The number of fused-ring (bicyclic) bond motifs is 5. The van der Waals surface area contributed by atoms with Gasteiger partial charge in [0.1, 0.15) is 23.7 Å². The van der Waals surface area contributed by atoms with Gasteiger partial charge in [0.05, 0.1) is 16.6 Å². The van der Waals surface area contributed by atoms with E-state index in [-0.39, 0.29) is 16.9 Å². The zero-order valence-electron chi connectivity index (χ0n) is 23.4. The average Bonchev–Trinajstić information content (AvgIpc) is 3.68. The highest BCUT2D eigenvalue weighted by molar-refractivity contribution is 6.03. The Labute approximate surface area is 243 Å². The molecule has 2 atom stereocenters. The number of aromatic hydroxyl groups is 1. The van der Waals surface area contributed by atoms with Crippen molar-refractivity contribution < 1.29 is 14.2 Å². The van der Waals surface area contributed by atoms with Gasteiger partial charge in [-0.25, -0.2) is 4.39 Å². The first-order valence-corrected chi connectivity index (χ1v) is 15.0. The van der Waals surface area contributed by atoms with Gasteiger partial charge in [-0.2, -0.15) is 9.97 Å². The number of rotatable bonds is 5. The summed E-state index contributed by atoms with van der Waals surface area (Å²) in [5.74, 6) is 2.87. The number of pyridine rings is 1. The molecule has 0 saturated carbocycles. The van der Waals surface area contributed by atoms with Crippen LogP contribution in [0.1, 0.15) is 44.1 Å². The first kappa shape index (κ1) is 25.7. The molecule has 4 saturated heterocycles. The third kappa shape index (κ3) is 4.16. The Kier molecular flexibility index (Phi) is 5.99. The third-order valence-electron chi connectivity index (χ3n) is 9.80. The highest BCUT2D eigenvalue weighted by Gasteiger charge is 2.45. The molecule has 4 aliphatic heterocycles. The second-order valence-corrected chi connectivity index (χ2v) is 12.3. The van der Waals surface area contributed by atoms with Gasteiger partial charge in [0.25, 0.3) is 0 Å². The minimum Gasteiger partial charge on any atom is -0.508 e. The number of anilines is 1. The fourth-order valence-corrected chi connectivity index (χ4v) is 7.84. The number of halogens is 1. The molecule has 6 heterocycles. The Hall–Kier alpha value is -4.00. The lowest BCUT2D eigenvalue weighted by Gasteiger charge is -2.34. The van der Waals surface area contributed by atoms with Gasteiger partial charge >= 0.3 is 6.01 Å². The van der Waals surface area contributed by atoms with Crippen LogP contribution in [0.25, 0.3) is 32.9 Å². The lowest BCUT2D eigenvalue weighted by atomic mass is 9.94. The van der Waals surface area contributed by atoms with Crippen LogP contribution in [0.15, 0.2) is 36.5 Å². The highest BCUT2D eigenvalue weighted by Crippen LogP contribution is 2.40. The van der Waals surface area contributed by atoms with E-state index in [1.54, 1.807) is 24.4 Å². The van der Waals surface area contributed by atoms with E-state index in [0.717, 1.165) is 57.7 Å². The van der Waals surface area contributed by atoms with Crippen LogP contribution >= 0.6 is 0 Å². The van der Waals surface area contributed by atoms with Crippen molar-refractivity contribution in [3.63, 3.8) is 0 Å². The van der Waals surface area contributed by atoms with E-state index < -0.39 is 5.82 Å². The minimum atomic E-state index is -0.480. The summed E-state index contributed by atoms with van der Waals surface area (Å²) >= 11 is 0. The molecule has 4 aliphatic rings. The van der Waals surface area contributed by atoms with Gasteiger partial charge in [-0.1, -0.05) is 12.0 Å². The van der Waals surface area contributed by atoms with Gasteiger partial charge in [0, 0.05) is 42.3 Å². The molecule has 0 aliphatic carbocycles. The molecule has 8 rings (SSSR count). The third-order valence-corrected chi connectivity index (χ3v) is 9.80. The second-order valence-electron chi connectivity index (χ2n) is 12.3. The summed E-state index contributed by atoms with van der Waals surface area (Å²) < 4.78 is 21.2. The molecule has 4 fully saturated rings. The lowest BCUT2D eigenvalue weighted by Crippen LogP contribution is -2.51. The largest absolute Gasteiger partial charge is 0.508 e. The molecule has 0 spiro atoms. The Morgan fingerprint density at radius 2 is 1.88 bits per heavy atom. The van der Waals surface area contributed by atoms with E-state index in [9.17, 15) is 9.50 Å². The Balaban J connectivity index is 1.25. The first-order valence-electron chi connectivity index (χ1n) is 15.0. The minimum absolute atomic E-state index is 0.0628. The van der Waals surface area contributed by atoms with Crippen LogP contribution in [-0.2, 0) is 0 Å². The van der Waals surface area contributed by atoms with Crippen LogP contribution in [0.4, 0.5) is 10.2 Å². The molecule has 2 N–H and O–H groups in total. The summed E-state index contributed by atoms with van der Waals surface area (Å²) in [5, 5.41) is 15.5. The highest BCUT2D eigenvalue weighted by atomic mass is 19.1. The second kappa shape index (κ2) is 9.79. The van der Waals surface area contributed by atoms with Crippen molar-refractivity contribution in [3.8, 4) is 35.2 Å². The number of nitrogens with zero attached hydrogens (tertiary/aromatic N) is 5. The van der Waals surface area contributed by atoms with E-state index in [1.165, 1.54) is 18.9 Å². The standard InChI is InChI=1S/C33H33FN6O2/c1-2-25-27(34)8-5-20-13-24(41)15-26(29(20)25)21-14-28-30(35-16-21)31(39-17-22-6-7-23(18-39)36-22)38-32(37-28)42-19-33-9-3-11-40(33)12-4-10-33/h1,5,8,13-16,22-23,36,41H,3-4,6-7,9-12,17-19H2/t22-,23?/m1/s1. The number of benzene rings is 2. The number of aromatic nitrogens is 3. The molecule has 1 unspecified atom stereocenters. The number of phenols is 1. The fraction of sp³-hybridized carbons (Fsp3) is 0.424. The SMILES string of the molecule is C#Cc1c(F)ccc2cc(O)cc(-c3cnc4c(N5CC6CC[C@H](C5)N6)nc(OCC56CCCN5CCC6)nc4c3)c12. The first-order chi connectivity index (χ1) is 20.5. The summed E-state index contributed by atoms with van der Waals surface area (Å²) in [6.07, 6.45) is 14.5. The Morgan fingerprint density at radius 3 is 2.64 bits per heavy atom. The van der Waals surface area contributed by atoms with Gasteiger partial charge in [0.15, 0.2) is 5.82 Å². The van der Waals surface area contributed by atoms with Crippen molar-refractivity contribution in [2.24, 2.45) is 0 Å². The van der Waals surface area contributed by atoms with Crippen LogP contribution in [0.5, 0.6) is 11.8 Å². The van der Waals surface area contributed by atoms with E-state index in [2.05, 4.69) is 21.0 Å². The van der Waals surface area contributed by atoms with Crippen molar-refractivity contribution in [1.29, 1.82) is 0 Å². The Morgan fingerprint density at radius 1 is 1.10 bits per heavy atom. The summed E-state index contributed by atoms with van der Waals surface area (Å²) in [7, 11) is 0. The molecule has 2 bridgehead atoms. The van der Waals surface area contributed by atoms with Crippen molar-refractivity contribution in [2.45, 2.75) is 56.1 Å². The maximum atomic E-state index is 14.8. The average molecular weight is 565 g/mol. The van der Waals surface area contributed by atoms with Gasteiger partial charge in [-0.05, 0) is 86.8 Å². The smallest absolute Gasteiger partial charge is 0.319 e. The van der Waals surface area contributed by atoms with Crippen LogP contribution in [0, 0.1) is 18.2 Å². The van der Waals surface area contributed by atoms with Crippen molar-refractivity contribution in [3.05, 3.63) is 47.9 Å². The van der Waals surface area contributed by atoms with Gasteiger partial charge in [-0.3, -0.25) is 9.88 Å². The van der Waals surface area contributed by atoms with E-state index in [4.69, 9.17) is 26.1 Å². The molecule has 9 heteroatoms. The predicted octanol–water partition coefficient (Wildman–Crippen LogP) is 4.62. The summed E-state index contributed by atoms with van der Waals surface area (Å²) in [6, 6.07) is 9.29. The van der Waals surface area contributed by atoms with Crippen LogP contribution < -0.4 is 15.0 Å². The molecule has 42 heavy (non-hydrogen) atoms. The lowest BCUT2D eigenvalue weighted by molar-refractivity contribution is 0.108. The van der Waals surface area contributed by atoms with E-state index in [1.807, 2.05) is 6.07 Å². The molecule has 0 amide bonds. The maximum Gasteiger partial charge on any atom is 0.319 e. The number of piperazine rings is 1. The summed E-state index contributed by atoms with van der Waals surface area (Å²) in [4.78, 5) is 19.6. The quantitative estimate of drug-likeness (QED) is 0.340. The molecule has 8 nitrogen and oxygen atoms in total. The molecule has 2 aromatic carbocycles. The monoisotopic (exact) mass is 564 g/mol. The zero-order valence-corrected chi connectivity index (χ0v) is 23.4. The van der Waals surface area contributed by atoms with Crippen molar-refractivity contribution >= 4 is 27.6 Å². The van der Waals surface area contributed by atoms with E-state index in [0.29, 0.717) is 57.6 Å². The number of ether oxygens (including phenoxy) is 1. The Bertz CT molecular complexity index is 1750. The molecule has 2 aromatic heterocycles. The van der Waals surface area contributed by atoms with Crippen molar-refractivity contribution in [1.82, 2.24) is 25.2 Å². The number of terminal acetylenes is 1. The molecular weight excluding hydrogens is 531 g/mol. The van der Waals surface area contributed by atoms with Crippen LogP contribution in [-0.4, -0.2) is 75.4 Å². The summed E-state index contributed by atoms with van der Waals surface area (Å²) in [6.45, 7) is 4.53. The summed E-state index contributed by atoms with van der Waals surface area (Å²) in [5.41, 5.74) is 2.84. The molecule has 214 valence electrons. The fourth-order valence-electron chi connectivity index (χ4n) is 7.84. The maximum absolute atomic E-state index is 14.8. The van der Waals surface area contributed by atoms with Crippen LogP contribution in [0.3, 0.4) is 0 Å². The number of hydrogen-bond acceptors (Lipinski definition) is 8.